The van der Waals surface area contributed by atoms with Gasteiger partial charge in [-0.3, -0.25) is 0 Å². The van der Waals surface area contributed by atoms with E-state index in [2.05, 4.69) is 42.7 Å². The minimum Gasteiger partial charge on any atom is -0.317 e. The SMILES string of the molecule is CNC(CCc1ccccc1)CC1CCCCCC1. The van der Waals surface area contributed by atoms with Crippen LogP contribution in [0.1, 0.15) is 56.9 Å². The largest absolute Gasteiger partial charge is 0.317 e. The van der Waals surface area contributed by atoms with E-state index in [-0.39, 0.29) is 0 Å². The van der Waals surface area contributed by atoms with E-state index in [1.54, 1.807) is 0 Å². The van der Waals surface area contributed by atoms with E-state index in [1.165, 1.54) is 63.4 Å². The molecule has 1 saturated carbocycles. The highest BCUT2D eigenvalue weighted by Gasteiger charge is 2.17. The standard InChI is InChI=1S/C18H29N/c1-19-18(14-13-16-9-7-4-8-10-16)15-17-11-5-2-3-6-12-17/h4,7-10,17-19H,2-3,5-6,11-15H2,1H3. The zero-order chi connectivity index (χ0) is 13.3. The summed E-state index contributed by atoms with van der Waals surface area (Å²) in [5, 5.41) is 3.54. The molecule has 0 radical (unpaired) electrons. The Hall–Kier alpha value is -0.820. The summed E-state index contributed by atoms with van der Waals surface area (Å²) in [7, 11) is 2.13. The molecule has 1 atom stereocenters. The Balaban J connectivity index is 1.76. The van der Waals surface area contributed by atoms with Gasteiger partial charge < -0.3 is 5.32 Å². The second-order valence-corrected chi connectivity index (χ2v) is 6.10. The normalized spacial score (nSPS) is 19.0. The highest BCUT2D eigenvalue weighted by Crippen LogP contribution is 2.27. The third-order valence-electron chi connectivity index (χ3n) is 4.63. The van der Waals surface area contributed by atoms with Crippen LogP contribution in [0.4, 0.5) is 0 Å². The van der Waals surface area contributed by atoms with Gasteiger partial charge in [0.15, 0.2) is 0 Å². The lowest BCUT2D eigenvalue weighted by atomic mass is 9.90. The van der Waals surface area contributed by atoms with Gasteiger partial charge in [-0.25, -0.2) is 0 Å². The Morgan fingerprint density at radius 2 is 1.74 bits per heavy atom. The van der Waals surface area contributed by atoms with Gasteiger partial charge in [0, 0.05) is 6.04 Å². The molecule has 0 bridgehead atoms. The average molecular weight is 259 g/mol. The first-order valence-electron chi connectivity index (χ1n) is 8.09. The molecule has 1 nitrogen and oxygen atoms in total. The van der Waals surface area contributed by atoms with Gasteiger partial charge in [-0.05, 0) is 37.8 Å². The first kappa shape index (κ1) is 14.6. The zero-order valence-corrected chi connectivity index (χ0v) is 12.4. The van der Waals surface area contributed by atoms with E-state index in [0.29, 0.717) is 6.04 Å². The lowest BCUT2D eigenvalue weighted by Gasteiger charge is -2.22. The highest BCUT2D eigenvalue weighted by molar-refractivity contribution is 5.14. The first-order chi connectivity index (χ1) is 9.38. The number of nitrogens with one attached hydrogen (secondary N) is 1. The van der Waals surface area contributed by atoms with Crippen LogP contribution < -0.4 is 5.32 Å². The van der Waals surface area contributed by atoms with Crippen molar-refractivity contribution in [2.24, 2.45) is 5.92 Å². The molecular weight excluding hydrogens is 230 g/mol. The summed E-state index contributed by atoms with van der Waals surface area (Å²) in [4.78, 5) is 0. The maximum absolute atomic E-state index is 3.54. The Morgan fingerprint density at radius 1 is 1.05 bits per heavy atom. The lowest BCUT2D eigenvalue weighted by molar-refractivity contribution is 0.351. The molecule has 2 rings (SSSR count). The van der Waals surface area contributed by atoms with Crippen LogP contribution in [-0.2, 0) is 6.42 Å². The third kappa shape index (κ3) is 5.36. The quantitative estimate of drug-likeness (QED) is 0.738. The fourth-order valence-electron chi connectivity index (χ4n) is 3.37. The first-order valence-corrected chi connectivity index (χ1v) is 8.09. The number of hydrogen-bond donors (Lipinski definition) is 1. The van der Waals surface area contributed by atoms with E-state index in [4.69, 9.17) is 0 Å². The van der Waals surface area contributed by atoms with E-state index >= 15 is 0 Å². The van der Waals surface area contributed by atoms with Crippen molar-refractivity contribution in [3.63, 3.8) is 0 Å². The summed E-state index contributed by atoms with van der Waals surface area (Å²) >= 11 is 0. The van der Waals surface area contributed by atoms with Crippen molar-refractivity contribution in [3.8, 4) is 0 Å². The maximum atomic E-state index is 3.54. The van der Waals surface area contributed by atoms with Crippen LogP contribution in [-0.4, -0.2) is 13.1 Å². The molecule has 1 unspecified atom stereocenters. The number of benzene rings is 1. The Labute approximate surface area is 118 Å². The van der Waals surface area contributed by atoms with Crippen LogP contribution in [0.5, 0.6) is 0 Å². The third-order valence-corrected chi connectivity index (χ3v) is 4.63. The van der Waals surface area contributed by atoms with Gasteiger partial charge in [-0.15, -0.1) is 0 Å². The van der Waals surface area contributed by atoms with Gasteiger partial charge in [0.25, 0.3) is 0 Å². The molecule has 1 aliphatic rings. The Bertz CT molecular complexity index is 325. The predicted molar refractivity (Wildman–Crippen MR) is 83.4 cm³/mol. The molecule has 1 heteroatoms. The van der Waals surface area contributed by atoms with Crippen molar-refractivity contribution in [2.75, 3.05) is 7.05 Å². The van der Waals surface area contributed by atoms with E-state index in [9.17, 15) is 0 Å². The van der Waals surface area contributed by atoms with Gasteiger partial charge in [0.05, 0.1) is 0 Å². The minimum absolute atomic E-state index is 0.698. The number of rotatable bonds is 6. The summed E-state index contributed by atoms with van der Waals surface area (Å²) in [5.74, 6) is 0.968. The molecule has 1 N–H and O–H groups in total. The molecule has 1 aliphatic carbocycles. The van der Waals surface area contributed by atoms with Crippen molar-refractivity contribution in [1.82, 2.24) is 5.32 Å². The molecule has 0 heterocycles. The van der Waals surface area contributed by atoms with Gasteiger partial charge in [-0.1, -0.05) is 68.9 Å². The van der Waals surface area contributed by atoms with Gasteiger partial charge in [0.2, 0.25) is 0 Å². The molecule has 19 heavy (non-hydrogen) atoms. The van der Waals surface area contributed by atoms with Crippen LogP contribution in [0.3, 0.4) is 0 Å². The Kier molecular flexibility index (Phi) is 6.43. The average Bonchev–Trinajstić information content (AvgIpc) is 2.73. The fraction of sp³-hybridized carbons (Fsp3) is 0.667. The lowest BCUT2D eigenvalue weighted by Crippen LogP contribution is -2.28. The second-order valence-electron chi connectivity index (χ2n) is 6.10. The van der Waals surface area contributed by atoms with Crippen LogP contribution in [0.15, 0.2) is 30.3 Å². The van der Waals surface area contributed by atoms with Crippen molar-refractivity contribution >= 4 is 0 Å². The van der Waals surface area contributed by atoms with E-state index in [0.717, 1.165) is 5.92 Å². The molecule has 1 aromatic carbocycles. The molecule has 0 spiro atoms. The topological polar surface area (TPSA) is 12.0 Å². The molecule has 1 aromatic rings. The molecular formula is C18H29N. The van der Waals surface area contributed by atoms with Crippen molar-refractivity contribution in [2.45, 2.75) is 63.8 Å². The van der Waals surface area contributed by atoms with Crippen molar-refractivity contribution < 1.29 is 0 Å². The molecule has 0 amide bonds. The monoisotopic (exact) mass is 259 g/mol. The summed E-state index contributed by atoms with van der Waals surface area (Å²) in [6.45, 7) is 0. The van der Waals surface area contributed by atoms with E-state index < -0.39 is 0 Å². The van der Waals surface area contributed by atoms with Crippen LogP contribution in [0, 0.1) is 5.92 Å². The van der Waals surface area contributed by atoms with Crippen molar-refractivity contribution in [3.05, 3.63) is 35.9 Å². The number of aryl methyl sites for hydroxylation is 1. The Morgan fingerprint density at radius 3 is 2.37 bits per heavy atom. The summed E-state index contributed by atoms with van der Waals surface area (Å²) in [6.07, 6.45) is 12.6. The fourth-order valence-corrected chi connectivity index (χ4v) is 3.37. The predicted octanol–water partition coefficient (Wildman–Crippen LogP) is 4.57. The smallest absolute Gasteiger partial charge is 0.00698 e. The highest BCUT2D eigenvalue weighted by atomic mass is 14.9. The second kappa shape index (κ2) is 8.37. The van der Waals surface area contributed by atoms with Gasteiger partial charge >= 0.3 is 0 Å². The van der Waals surface area contributed by atoms with Crippen LogP contribution in [0.2, 0.25) is 0 Å². The molecule has 0 saturated heterocycles. The molecule has 1 fully saturated rings. The number of hydrogen-bond acceptors (Lipinski definition) is 1. The molecule has 106 valence electrons. The van der Waals surface area contributed by atoms with Crippen molar-refractivity contribution in [1.29, 1.82) is 0 Å². The summed E-state index contributed by atoms with van der Waals surface area (Å²) in [5.41, 5.74) is 1.48. The maximum Gasteiger partial charge on any atom is 0.00698 e. The minimum atomic E-state index is 0.698. The molecule has 0 aromatic heterocycles. The van der Waals surface area contributed by atoms with Gasteiger partial charge in [-0.2, -0.15) is 0 Å². The summed E-state index contributed by atoms with van der Waals surface area (Å²) in [6, 6.07) is 11.6. The summed E-state index contributed by atoms with van der Waals surface area (Å²) < 4.78 is 0. The molecule has 0 aliphatic heterocycles. The van der Waals surface area contributed by atoms with Gasteiger partial charge in [0.1, 0.15) is 0 Å². The van der Waals surface area contributed by atoms with E-state index in [1.807, 2.05) is 0 Å². The van der Waals surface area contributed by atoms with Crippen LogP contribution >= 0.6 is 0 Å². The van der Waals surface area contributed by atoms with Crippen LogP contribution in [0.25, 0.3) is 0 Å². The zero-order valence-electron chi connectivity index (χ0n) is 12.4.